The lowest BCUT2D eigenvalue weighted by atomic mass is 10.1. The summed E-state index contributed by atoms with van der Waals surface area (Å²) in [5, 5.41) is 10.9. The van der Waals surface area contributed by atoms with Crippen LogP contribution in [0.3, 0.4) is 0 Å². The quantitative estimate of drug-likeness (QED) is 0.547. The molecular formula is C24H21N2O2+. The Labute approximate surface area is 163 Å². The van der Waals surface area contributed by atoms with Gasteiger partial charge in [-0.25, -0.2) is 4.79 Å². The molecule has 138 valence electrons. The number of pyridine rings is 1. The monoisotopic (exact) mass is 369 g/mol. The molecule has 0 atom stereocenters. The van der Waals surface area contributed by atoms with E-state index in [0.29, 0.717) is 11.2 Å². The Morgan fingerprint density at radius 2 is 1.61 bits per heavy atom. The Kier molecular flexibility index (Phi) is 4.77. The number of aromatic hydroxyl groups is 1. The Balaban J connectivity index is 2.14. The van der Waals surface area contributed by atoms with Gasteiger partial charge in [0.05, 0.1) is 6.20 Å². The Hall–Kier alpha value is -3.66. The van der Waals surface area contributed by atoms with Gasteiger partial charge in [0, 0.05) is 11.6 Å². The van der Waals surface area contributed by atoms with E-state index in [1.54, 1.807) is 15.2 Å². The predicted octanol–water partition coefficient (Wildman–Crippen LogP) is 4.26. The van der Waals surface area contributed by atoms with Gasteiger partial charge in [0.15, 0.2) is 5.56 Å². The smallest absolute Gasteiger partial charge is 0.354 e. The van der Waals surface area contributed by atoms with Crippen molar-refractivity contribution in [3.63, 3.8) is 0 Å². The molecule has 0 bridgehead atoms. The van der Waals surface area contributed by atoms with Gasteiger partial charge in [0.25, 0.3) is 5.65 Å². The van der Waals surface area contributed by atoms with Crippen molar-refractivity contribution in [2.45, 2.75) is 13.3 Å². The van der Waals surface area contributed by atoms with E-state index in [2.05, 4.69) is 0 Å². The molecule has 2 aromatic heterocycles. The highest BCUT2D eigenvalue weighted by atomic mass is 16.3. The molecule has 0 amide bonds. The van der Waals surface area contributed by atoms with Gasteiger partial charge in [-0.15, -0.1) is 0 Å². The molecule has 28 heavy (non-hydrogen) atoms. The average Bonchev–Trinajstić information content (AvgIpc) is 2.75. The number of hydrogen-bond acceptors (Lipinski definition) is 2. The van der Waals surface area contributed by atoms with Crippen LogP contribution in [0, 0.1) is 0 Å². The first-order chi connectivity index (χ1) is 13.7. The van der Waals surface area contributed by atoms with E-state index < -0.39 is 0 Å². The normalized spacial score (nSPS) is 11.7. The SMILES string of the molecule is CC/C=C(\c1ccccc1)n1c(=O)c(-c2ccccc2)c(O)[n+]2ccccc12. The van der Waals surface area contributed by atoms with E-state index in [1.807, 2.05) is 91.9 Å². The second-order valence-corrected chi connectivity index (χ2v) is 6.50. The third-order valence-corrected chi connectivity index (χ3v) is 4.71. The molecule has 1 N–H and O–H groups in total. The first-order valence-electron chi connectivity index (χ1n) is 9.32. The fourth-order valence-corrected chi connectivity index (χ4v) is 3.46. The maximum atomic E-state index is 13.6. The second kappa shape index (κ2) is 7.53. The molecule has 0 saturated heterocycles. The highest BCUT2D eigenvalue weighted by Gasteiger charge is 2.27. The highest BCUT2D eigenvalue weighted by molar-refractivity contribution is 5.73. The maximum absolute atomic E-state index is 13.6. The van der Waals surface area contributed by atoms with Crippen LogP contribution in [0.2, 0.25) is 0 Å². The fraction of sp³-hybridized carbons (Fsp3) is 0.0833. The predicted molar refractivity (Wildman–Crippen MR) is 111 cm³/mol. The maximum Gasteiger partial charge on any atom is 0.354 e. The molecular weight excluding hydrogens is 348 g/mol. The van der Waals surface area contributed by atoms with Gasteiger partial charge in [-0.1, -0.05) is 73.7 Å². The topological polar surface area (TPSA) is 46.3 Å². The number of fused-ring (bicyclic) bond motifs is 1. The van der Waals surface area contributed by atoms with E-state index in [9.17, 15) is 9.90 Å². The largest absolute Gasteiger partial charge is 0.477 e. The first-order valence-corrected chi connectivity index (χ1v) is 9.32. The van der Waals surface area contributed by atoms with Crippen LogP contribution in [0.1, 0.15) is 18.9 Å². The van der Waals surface area contributed by atoms with Crippen molar-refractivity contribution in [3.05, 3.63) is 107 Å². The zero-order valence-corrected chi connectivity index (χ0v) is 15.6. The van der Waals surface area contributed by atoms with E-state index >= 15 is 0 Å². The zero-order valence-electron chi connectivity index (χ0n) is 15.6. The van der Waals surface area contributed by atoms with Crippen LogP contribution in [0.4, 0.5) is 0 Å². The van der Waals surface area contributed by atoms with Crippen LogP contribution in [-0.4, -0.2) is 9.67 Å². The van der Waals surface area contributed by atoms with Crippen LogP contribution in [0.5, 0.6) is 5.88 Å². The standard InChI is InChI=1S/C24H20N2O2/c1-2-11-20(18-12-5-3-6-13-18)26-21-16-9-10-17-25(21)23(27)22(24(26)28)19-14-7-4-8-15-19/h3-17H,2H2,1H3/p+1/b20-11+. The number of allylic oxidation sites excluding steroid dienone is 1. The van der Waals surface area contributed by atoms with Crippen molar-refractivity contribution >= 4 is 11.3 Å². The number of hydrogen-bond donors (Lipinski definition) is 1. The zero-order chi connectivity index (χ0) is 19.5. The molecule has 0 unspecified atom stereocenters. The Morgan fingerprint density at radius 3 is 2.29 bits per heavy atom. The lowest BCUT2D eigenvalue weighted by Gasteiger charge is -2.11. The van der Waals surface area contributed by atoms with Crippen molar-refractivity contribution in [1.29, 1.82) is 0 Å². The summed E-state index contributed by atoms with van der Waals surface area (Å²) >= 11 is 0. The van der Waals surface area contributed by atoms with Gasteiger partial charge in [-0.2, -0.15) is 8.97 Å². The van der Waals surface area contributed by atoms with Gasteiger partial charge in [0.1, 0.15) is 5.70 Å². The van der Waals surface area contributed by atoms with Crippen molar-refractivity contribution in [1.82, 2.24) is 4.57 Å². The summed E-state index contributed by atoms with van der Waals surface area (Å²) < 4.78 is 3.33. The summed E-state index contributed by atoms with van der Waals surface area (Å²) in [6, 6.07) is 24.7. The van der Waals surface area contributed by atoms with E-state index in [-0.39, 0.29) is 17.0 Å². The number of aromatic nitrogens is 2. The minimum atomic E-state index is -0.251. The average molecular weight is 369 g/mol. The fourth-order valence-electron chi connectivity index (χ4n) is 3.46. The molecule has 4 rings (SSSR count). The summed E-state index contributed by atoms with van der Waals surface area (Å²) in [5.74, 6) is -0.0630. The molecule has 0 spiro atoms. The lowest BCUT2D eigenvalue weighted by molar-refractivity contribution is -0.525. The van der Waals surface area contributed by atoms with Gasteiger partial charge in [0.2, 0.25) is 0 Å². The third kappa shape index (κ3) is 2.99. The molecule has 0 aliphatic heterocycles. The third-order valence-electron chi connectivity index (χ3n) is 4.71. The van der Waals surface area contributed by atoms with Crippen molar-refractivity contribution in [3.8, 4) is 17.0 Å². The van der Waals surface area contributed by atoms with Crippen LogP contribution in [0.15, 0.2) is 95.9 Å². The van der Waals surface area contributed by atoms with Gasteiger partial charge >= 0.3 is 11.4 Å². The molecule has 4 heteroatoms. The summed E-state index contributed by atoms with van der Waals surface area (Å²) in [5.41, 5.74) is 3.06. The number of rotatable bonds is 4. The van der Waals surface area contributed by atoms with Crippen molar-refractivity contribution in [2.24, 2.45) is 0 Å². The molecule has 0 aliphatic carbocycles. The Bertz CT molecular complexity index is 1210. The summed E-state index contributed by atoms with van der Waals surface area (Å²) in [4.78, 5) is 13.6. The van der Waals surface area contributed by atoms with Gasteiger partial charge in [-0.05, 0) is 24.1 Å². The van der Waals surface area contributed by atoms with Crippen LogP contribution >= 0.6 is 0 Å². The second-order valence-electron chi connectivity index (χ2n) is 6.50. The minimum Gasteiger partial charge on any atom is -0.477 e. The first kappa shape index (κ1) is 17.7. The molecule has 0 fully saturated rings. The molecule has 0 radical (unpaired) electrons. The number of benzene rings is 2. The molecule has 2 aromatic carbocycles. The van der Waals surface area contributed by atoms with Gasteiger partial charge in [-0.3, -0.25) is 0 Å². The van der Waals surface area contributed by atoms with Crippen LogP contribution < -0.4 is 9.96 Å². The van der Waals surface area contributed by atoms with E-state index in [0.717, 1.165) is 17.7 Å². The van der Waals surface area contributed by atoms with Crippen molar-refractivity contribution < 1.29 is 9.51 Å². The molecule has 4 nitrogen and oxygen atoms in total. The molecule has 0 saturated carbocycles. The molecule has 4 aromatic rings. The van der Waals surface area contributed by atoms with Crippen molar-refractivity contribution in [2.75, 3.05) is 0 Å². The molecule has 0 aliphatic rings. The Morgan fingerprint density at radius 1 is 0.964 bits per heavy atom. The molecule has 2 heterocycles. The summed E-state index contributed by atoms with van der Waals surface area (Å²) in [6.45, 7) is 2.04. The number of nitrogens with zero attached hydrogens (tertiary/aromatic N) is 2. The van der Waals surface area contributed by atoms with E-state index in [4.69, 9.17) is 0 Å². The summed E-state index contributed by atoms with van der Waals surface area (Å²) in [6.07, 6.45) is 4.58. The highest BCUT2D eigenvalue weighted by Crippen LogP contribution is 2.25. The lowest BCUT2D eigenvalue weighted by Crippen LogP contribution is -2.35. The summed E-state index contributed by atoms with van der Waals surface area (Å²) in [7, 11) is 0. The van der Waals surface area contributed by atoms with Crippen LogP contribution in [0.25, 0.3) is 22.5 Å². The van der Waals surface area contributed by atoms with Gasteiger partial charge < -0.3 is 5.11 Å². The minimum absolute atomic E-state index is 0.0630. The van der Waals surface area contributed by atoms with Crippen LogP contribution in [-0.2, 0) is 0 Å². The van der Waals surface area contributed by atoms with E-state index in [1.165, 1.54) is 0 Å².